The van der Waals surface area contributed by atoms with Crippen molar-refractivity contribution in [3.05, 3.63) is 65.5 Å². The highest BCUT2D eigenvalue weighted by Crippen LogP contribution is 2.24. The topological polar surface area (TPSA) is 12.0 Å². The van der Waals surface area contributed by atoms with Crippen molar-refractivity contribution in [2.24, 2.45) is 0 Å². The van der Waals surface area contributed by atoms with Gasteiger partial charge in [0, 0.05) is 17.2 Å². The third-order valence-electron chi connectivity index (χ3n) is 2.85. The summed E-state index contributed by atoms with van der Waals surface area (Å²) in [6.45, 7) is 3.97. The van der Waals surface area contributed by atoms with Gasteiger partial charge in [-0.05, 0) is 35.9 Å². The standard InChI is InChI=1S/C16H18FNS/c1-2-18-11-13-7-9-15(10-8-13)19-12-14-5-3-4-6-16(14)17/h3-10,18H,2,11-12H2,1H3. The maximum absolute atomic E-state index is 13.5. The summed E-state index contributed by atoms with van der Waals surface area (Å²) in [4.78, 5) is 1.17. The molecule has 0 bridgehead atoms. The van der Waals surface area contributed by atoms with E-state index >= 15 is 0 Å². The molecule has 19 heavy (non-hydrogen) atoms. The van der Waals surface area contributed by atoms with E-state index < -0.39 is 0 Å². The molecule has 0 aliphatic heterocycles. The van der Waals surface area contributed by atoms with Crippen LogP contribution in [-0.2, 0) is 12.3 Å². The zero-order valence-electron chi connectivity index (χ0n) is 11.0. The highest BCUT2D eigenvalue weighted by molar-refractivity contribution is 7.98. The molecule has 0 atom stereocenters. The van der Waals surface area contributed by atoms with E-state index in [1.807, 2.05) is 12.1 Å². The van der Waals surface area contributed by atoms with Gasteiger partial charge in [-0.25, -0.2) is 4.39 Å². The first-order valence-electron chi connectivity index (χ1n) is 6.45. The summed E-state index contributed by atoms with van der Waals surface area (Å²) in [7, 11) is 0. The van der Waals surface area contributed by atoms with Crippen molar-refractivity contribution in [1.29, 1.82) is 0 Å². The van der Waals surface area contributed by atoms with Crippen LogP contribution in [0, 0.1) is 5.82 Å². The fourth-order valence-electron chi connectivity index (χ4n) is 1.75. The monoisotopic (exact) mass is 275 g/mol. The van der Waals surface area contributed by atoms with Gasteiger partial charge in [-0.1, -0.05) is 37.3 Å². The highest BCUT2D eigenvalue weighted by Gasteiger charge is 2.01. The largest absolute Gasteiger partial charge is 0.313 e. The third kappa shape index (κ3) is 4.37. The molecule has 0 aliphatic carbocycles. The Morgan fingerprint density at radius 1 is 1.05 bits per heavy atom. The zero-order valence-corrected chi connectivity index (χ0v) is 11.8. The van der Waals surface area contributed by atoms with Gasteiger partial charge >= 0.3 is 0 Å². The van der Waals surface area contributed by atoms with Crippen LogP contribution in [0.25, 0.3) is 0 Å². The number of halogens is 1. The lowest BCUT2D eigenvalue weighted by atomic mass is 10.2. The molecule has 1 N–H and O–H groups in total. The molecule has 2 aromatic carbocycles. The van der Waals surface area contributed by atoms with E-state index in [1.165, 1.54) is 16.5 Å². The van der Waals surface area contributed by atoms with E-state index in [0.29, 0.717) is 5.75 Å². The van der Waals surface area contributed by atoms with Gasteiger partial charge in [-0.2, -0.15) is 0 Å². The molecule has 0 saturated heterocycles. The lowest BCUT2D eigenvalue weighted by Gasteiger charge is -2.05. The summed E-state index contributed by atoms with van der Waals surface area (Å²) in [5.41, 5.74) is 2.03. The Morgan fingerprint density at radius 3 is 2.47 bits per heavy atom. The minimum absolute atomic E-state index is 0.126. The second-order valence-electron chi connectivity index (χ2n) is 4.30. The molecule has 0 aliphatic rings. The minimum Gasteiger partial charge on any atom is -0.313 e. The SMILES string of the molecule is CCNCc1ccc(SCc2ccccc2F)cc1. The van der Waals surface area contributed by atoms with Crippen molar-refractivity contribution in [3.8, 4) is 0 Å². The van der Waals surface area contributed by atoms with Gasteiger partial charge in [0.1, 0.15) is 5.82 Å². The van der Waals surface area contributed by atoms with Crippen LogP contribution in [0.3, 0.4) is 0 Å². The van der Waals surface area contributed by atoms with Crippen LogP contribution in [-0.4, -0.2) is 6.54 Å². The lowest BCUT2D eigenvalue weighted by Crippen LogP contribution is -2.11. The fourth-order valence-corrected chi connectivity index (χ4v) is 2.63. The average Bonchev–Trinajstić information content (AvgIpc) is 2.45. The average molecular weight is 275 g/mol. The molecule has 0 unspecified atom stereocenters. The van der Waals surface area contributed by atoms with Gasteiger partial charge in [-0.3, -0.25) is 0 Å². The van der Waals surface area contributed by atoms with Crippen molar-refractivity contribution in [2.75, 3.05) is 6.54 Å². The Balaban J connectivity index is 1.91. The van der Waals surface area contributed by atoms with E-state index in [1.54, 1.807) is 17.8 Å². The molecule has 3 heteroatoms. The summed E-state index contributed by atoms with van der Waals surface area (Å²) in [6, 6.07) is 15.4. The van der Waals surface area contributed by atoms with E-state index in [-0.39, 0.29) is 5.82 Å². The number of nitrogens with one attached hydrogen (secondary N) is 1. The van der Waals surface area contributed by atoms with Crippen molar-refractivity contribution < 1.29 is 4.39 Å². The molecule has 0 saturated carbocycles. The minimum atomic E-state index is -0.126. The molecular weight excluding hydrogens is 257 g/mol. The van der Waals surface area contributed by atoms with Crippen LogP contribution < -0.4 is 5.32 Å². The molecule has 0 fully saturated rings. The normalized spacial score (nSPS) is 10.6. The summed E-state index contributed by atoms with van der Waals surface area (Å²) in [5, 5.41) is 3.29. The summed E-state index contributed by atoms with van der Waals surface area (Å²) in [5.74, 6) is 0.540. The fraction of sp³-hybridized carbons (Fsp3) is 0.250. The molecule has 0 amide bonds. The number of hydrogen-bond acceptors (Lipinski definition) is 2. The van der Waals surface area contributed by atoms with Crippen molar-refractivity contribution in [1.82, 2.24) is 5.32 Å². The molecule has 0 aromatic heterocycles. The first kappa shape index (κ1) is 14.1. The van der Waals surface area contributed by atoms with Crippen molar-refractivity contribution >= 4 is 11.8 Å². The van der Waals surface area contributed by atoms with Gasteiger partial charge in [0.15, 0.2) is 0 Å². The molecule has 2 aromatic rings. The van der Waals surface area contributed by atoms with Crippen LogP contribution in [0.2, 0.25) is 0 Å². The van der Waals surface area contributed by atoms with Gasteiger partial charge in [0.25, 0.3) is 0 Å². The van der Waals surface area contributed by atoms with Crippen LogP contribution >= 0.6 is 11.8 Å². The molecule has 0 heterocycles. The van der Waals surface area contributed by atoms with E-state index in [2.05, 4.69) is 36.5 Å². The molecule has 2 rings (SSSR count). The van der Waals surface area contributed by atoms with Gasteiger partial charge in [0.05, 0.1) is 0 Å². The molecular formula is C16H18FNS. The van der Waals surface area contributed by atoms with Crippen LogP contribution in [0.1, 0.15) is 18.1 Å². The lowest BCUT2D eigenvalue weighted by molar-refractivity contribution is 0.617. The Morgan fingerprint density at radius 2 is 1.79 bits per heavy atom. The van der Waals surface area contributed by atoms with Crippen LogP contribution in [0.5, 0.6) is 0 Å². The first-order valence-corrected chi connectivity index (χ1v) is 7.44. The smallest absolute Gasteiger partial charge is 0.127 e. The van der Waals surface area contributed by atoms with E-state index in [9.17, 15) is 4.39 Å². The quantitative estimate of drug-likeness (QED) is 0.792. The summed E-state index contributed by atoms with van der Waals surface area (Å²) >= 11 is 1.66. The Labute approximate surface area is 118 Å². The first-order chi connectivity index (χ1) is 9.29. The maximum atomic E-state index is 13.5. The molecule has 100 valence electrons. The summed E-state index contributed by atoms with van der Waals surface area (Å²) in [6.07, 6.45) is 0. The van der Waals surface area contributed by atoms with Gasteiger partial charge in [0.2, 0.25) is 0 Å². The Kier molecular flexibility index (Phi) is 5.43. The number of hydrogen-bond donors (Lipinski definition) is 1. The second kappa shape index (κ2) is 7.31. The van der Waals surface area contributed by atoms with Crippen LogP contribution in [0.15, 0.2) is 53.4 Å². The van der Waals surface area contributed by atoms with E-state index in [0.717, 1.165) is 18.7 Å². The van der Waals surface area contributed by atoms with E-state index in [4.69, 9.17) is 0 Å². The number of thioether (sulfide) groups is 1. The Bertz CT molecular complexity index is 510. The van der Waals surface area contributed by atoms with Crippen molar-refractivity contribution in [2.45, 2.75) is 24.1 Å². The number of benzene rings is 2. The molecule has 0 radical (unpaired) electrons. The number of rotatable bonds is 6. The van der Waals surface area contributed by atoms with Crippen LogP contribution in [0.4, 0.5) is 4.39 Å². The zero-order chi connectivity index (χ0) is 13.5. The summed E-state index contributed by atoms with van der Waals surface area (Å²) < 4.78 is 13.5. The maximum Gasteiger partial charge on any atom is 0.127 e. The Hall–Kier alpha value is -1.32. The van der Waals surface area contributed by atoms with Gasteiger partial charge in [-0.15, -0.1) is 11.8 Å². The molecule has 0 spiro atoms. The second-order valence-corrected chi connectivity index (χ2v) is 5.35. The predicted octanol–water partition coefficient (Wildman–Crippen LogP) is 4.23. The highest BCUT2D eigenvalue weighted by atomic mass is 32.2. The molecule has 1 nitrogen and oxygen atoms in total. The van der Waals surface area contributed by atoms with Crippen molar-refractivity contribution in [3.63, 3.8) is 0 Å². The van der Waals surface area contributed by atoms with Gasteiger partial charge < -0.3 is 5.32 Å². The predicted molar refractivity (Wildman–Crippen MR) is 79.8 cm³/mol. The third-order valence-corrected chi connectivity index (χ3v) is 3.92.